The molecule has 3 aromatic carbocycles. The van der Waals surface area contributed by atoms with Gasteiger partial charge in [-0.3, -0.25) is 4.79 Å². The van der Waals surface area contributed by atoms with Crippen molar-refractivity contribution >= 4 is 73.5 Å². The molecule has 8 atom stereocenters. The topological polar surface area (TPSA) is 230 Å². The number of epoxide rings is 1. The molecule has 0 amide bonds. The number of benzene rings is 3. The van der Waals surface area contributed by atoms with Crippen LogP contribution in [0, 0.1) is 17.5 Å². The lowest BCUT2D eigenvalue weighted by Gasteiger charge is -2.30. The number of fused-ring (bicyclic) bond motifs is 3. The van der Waals surface area contributed by atoms with Crippen molar-refractivity contribution < 1.29 is 54.6 Å². The second kappa shape index (κ2) is 27.6. The number of aliphatic hydroxyl groups is 1. The molecular weight excluding hydrogens is 1280 g/mol. The molecule has 1 fully saturated rings. The zero-order chi connectivity index (χ0) is 64.5. The van der Waals surface area contributed by atoms with Gasteiger partial charge in [0.1, 0.15) is 71.3 Å². The van der Waals surface area contributed by atoms with Crippen LogP contribution in [0.1, 0.15) is 165 Å². The number of nitrogens with zero attached hydrogens (tertiary/aromatic N) is 3. The van der Waals surface area contributed by atoms with Gasteiger partial charge in [0.05, 0.1) is 96.9 Å². The summed E-state index contributed by atoms with van der Waals surface area (Å²) >= 11 is 17.9. The molecule has 0 aliphatic carbocycles. The van der Waals surface area contributed by atoms with Gasteiger partial charge < -0.3 is 29.8 Å². The predicted molar refractivity (Wildman–Crippen MR) is 358 cm³/mol. The van der Waals surface area contributed by atoms with Gasteiger partial charge in [0, 0.05) is 46.8 Å². The molecule has 90 heavy (non-hydrogen) atoms. The molecule has 0 saturated carbocycles. The number of hydrogen-bond donors (Lipinski definition) is 5. The molecule has 6 N–H and O–H groups in total. The Morgan fingerprint density at radius 2 is 0.878 bits per heavy atom. The smallest absolute Gasteiger partial charge is 0.178 e. The number of Topliss-reactive ketones (excluding diaryl/α,β-unsaturated/α-hetero) is 1. The predicted octanol–water partition coefficient (Wildman–Crippen LogP) is 14.1. The van der Waals surface area contributed by atoms with Gasteiger partial charge in [-0.2, -0.15) is 0 Å². The number of nitrogens with one attached hydrogen (secondary N) is 3. The van der Waals surface area contributed by atoms with Crippen LogP contribution in [-0.2, 0) is 65.5 Å². The third-order valence-corrected chi connectivity index (χ3v) is 21.0. The molecule has 4 aliphatic heterocycles. The second-order valence-corrected chi connectivity index (χ2v) is 33.1. The van der Waals surface area contributed by atoms with Crippen molar-refractivity contribution in [2.75, 3.05) is 33.0 Å². The summed E-state index contributed by atoms with van der Waals surface area (Å²) in [6, 6.07) is 18.3. The lowest BCUT2D eigenvalue weighted by atomic mass is 9.90. The standard InChI is InChI=1S/C21H27ClFN3O3S.C21H24ClFN2O3S.C20H22ClFN2O3S.3CH4/c1-19(2,3)30(28)26-20(4)11-29-18-13(20)9-16(21(5,27)10-24)25-17(18)12-6-7-15(23)14(22)8-12;1-19(2,3)29(26)25-20(4)10-27-18-13(20)9-16(21(5)11-28-21)24-17(18)12-6-7-15(23)14(22)8-12;1-11(25)16-9-13-18(17(23-16)12-6-7-15(22)14(21)8-12)27-10-20(13,5)24-28(26)19(2,3)4;;;/h6-9,26-27H,10-11,24H2,1-5H3;6-9,25H,10-11H2,1-5H3;6-9,24H,10H2,1-5H3;3*1H4. The fourth-order valence-electron chi connectivity index (χ4n) is 9.08. The molecule has 3 aromatic heterocycles. The van der Waals surface area contributed by atoms with E-state index in [0.29, 0.717) is 81.1 Å². The van der Waals surface area contributed by atoms with E-state index in [4.69, 9.17) is 64.5 Å². The minimum absolute atomic E-state index is 0. The molecule has 7 heterocycles. The van der Waals surface area contributed by atoms with E-state index in [2.05, 4.69) is 24.1 Å². The van der Waals surface area contributed by atoms with Gasteiger partial charge in [0.15, 0.2) is 23.0 Å². The van der Waals surface area contributed by atoms with Crippen molar-refractivity contribution in [3.05, 3.63) is 139 Å². The summed E-state index contributed by atoms with van der Waals surface area (Å²) in [7, 11) is -4.02. The van der Waals surface area contributed by atoms with E-state index in [0.717, 1.165) is 11.3 Å². The first kappa shape index (κ1) is 75.8. The van der Waals surface area contributed by atoms with Gasteiger partial charge in [0.25, 0.3) is 0 Å². The number of halogens is 6. The number of pyridine rings is 3. The van der Waals surface area contributed by atoms with Gasteiger partial charge >= 0.3 is 0 Å². The van der Waals surface area contributed by atoms with Crippen molar-refractivity contribution in [3.63, 3.8) is 0 Å². The number of hydrogen-bond acceptors (Lipinski definition) is 13. The molecule has 1 saturated heterocycles. The average molecular weight is 1370 g/mol. The van der Waals surface area contributed by atoms with Crippen LogP contribution >= 0.6 is 34.8 Å². The SMILES string of the molecule is C.C.C.CC(=O)c1cc2c(c(-c3ccc(F)c(Cl)c3)n1)OCC2(C)NS(=O)C(C)(C)C.CC(O)(CN)c1cc2c(c(-c3ccc(F)c(Cl)c3)n1)OCC2(C)NS(=O)C(C)(C)C.CC1(NS(=O)C(C)(C)C)COc2c1cc(C1(C)CO1)nc2-c1ccc(F)c(Cl)c1. The number of nitrogens with two attached hydrogens (primary N) is 1. The van der Waals surface area contributed by atoms with E-state index in [9.17, 15) is 35.7 Å². The molecule has 25 heteroatoms. The molecular formula is C65H85Cl3F3N7O9S3. The summed E-state index contributed by atoms with van der Waals surface area (Å²) < 4.78 is 111. The number of ketones is 1. The first-order valence-corrected chi connectivity index (χ1v) is 32.3. The Hall–Kier alpha value is -4.95. The third-order valence-electron chi connectivity index (χ3n) is 14.8. The molecule has 0 bridgehead atoms. The molecule has 4 aliphatic rings. The molecule has 6 aromatic rings. The number of ether oxygens (including phenoxy) is 4. The Kier molecular flexibility index (Phi) is 23.2. The fraction of sp³-hybridized carbons (Fsp3) is 0.477. The highest BCUT2D eigenvalue weighted by molar-refractivity contribution is 7.85. The molecule has 0 radical (unpaired) electrons. The number of rotatable bonds is 13. The molecule has 494 valence electrons. The highest BCUT2D eigenvalue weighted by Gasteiger charge is 2.49. The maximum atomic E-state index is 13.7. The molecule has 16 nitrogen and oxygen atoms in total. The van der Waals surface area contributed by atoms with Gasteiger partial charge in [-0.15, -0.1) is 0 Å². The van der Waals surface area contributed by atoms with Gasteiger partial charge in [-0.05, 0) is 170 Å². The summed E-state index contributed by atoms with van der Waals surface area (Å²) in [4.78, 5) is 25.9. The van der Waals surface area contributed by atoms with E-state index in [1.54, 1.807) is 37.3 Å². The van der Waals surface area contributed by atoms with Crippen molar-refractivity contribution in [3.8, 4) is 51.0 Å². The highest BCUT2D eigenvalue weighted by atomic mass is 35.5. The third kappa shape index (κ3) is 16.0. The van der Waals surface area contributed by atoms with Gasteiger partial charge in [-0.25, -0.2) is 54.9 Å². The quantitative estimate of drug-likeness (QED) is 0.0536. The van der Waals surface area contributed by atoms with Crippen LogP contribution in [0.2, 0.25) is 15.1 Å². The zero-order valence-corrected chi connectivity index (χ0v) is 55.8. The van der Waals surface area contributed by atoms with Crippen LogP contribution in [-0.4, -0.2) is 85.7 Å². The lowest BCUT2D eigenvalue weighted by Crippen LogP contribution is -2.47. The normalized spacial score (nSPS) is 22.0. The van der Waals surface area contributed by atoms with Crippen LogP contribution in [0.5, 0.6) is 17.2 Å². The maximum absolute atomic E-state index is 13.7. The zero-order valence-electron chi connectivity index (χ0n) is 51.1. The van der Waals surface area contributed by atoms with Gasteiger partial charge in [-0.1, -0.05) is 57.1 Å². The van der Waals surface area contributed by atoms with Crippen LogP contribution in [0.25, 0.3) is 33.8 Å². The Labute approximate surface area is 550 Å². The summed E-state index contributed by atoms with van der Waals surface area (Å²) in [5, 5.41) is 10.7. The Morgan fingerprint density at radius 1 is 0.556 bits per heavy atom. The fourth-order valence-corrected chi connectivity index (χ4v) is 12.3. The molecule has 10 rings (SSSR count). The van der Waals surface area contributed by atoms with Crippen molar-refractivity contribution in [2.24, 2.45) is 5.73 Å². The molecule has 8 unspecified atom stereocenters. The number of aromatic nitrogens is 3. The van der Waals surface area contributed by atoms with Crippen LogP contribution in [0.4, 0.5) is 13.2 Å². The van der Waals surface area contributed by atoms with E-state index in [1.165, 1.54) is 43.3 Å². The molecule has 0 spiro atoms. The van der Waals surface area contributed by atoms with E-state index in [1.807, 2.05) is 96.1 Å². The lowest BCUT2D eigenvalue weighted by molar-refractivity contribution is 0.0621. The Balaban J connectivity index is 0.000000242. The van der Waals surface area contributed by atoms with Crippen molar-refractivity contribution in [1.29, 1.82) is 0 Å². The average Bonchev–Trinajstić information content (AvgIpc) is 1.57. The number of carbonyl (C=O) groups is 1. The summed E-state index contributed by atoms with van der Waals surface area (Å²) in [5.74, 6) is -0.282. The summed E-state index contributed by atoms with van der Waals surface area (Å²) in [6.45, 7) is 28.9. The summed E-state index contributed by atoms with van der Waals surface area (Å²) in [5.41, 5.74) is 8.30. The Bertz CT molecular complexity index is 3790. The monoisotopic (exact) mass is 1370 g/mol. The first-order chi connectivity index (χ1) is 40.1. The van der Waals surface area contributed by atoms with Crippen LogP contribution < -0.4 is 34.1 Å². The van der Waals surface area contributed by atoms with Crippen molar-refractivity contribution in [2.45, 2.75) is 168 Å². The van der Waals surface area contributed by atoms with Crippen LogP contribution in [0.15, 0.2) is 72.8 Å². The van der Waals surface area contributed by atoms with Crippen LogP contribution in [0.3, 0.4) is 0 Å². The number of carbonyl (C=O) groups excluding carboxylic acids is 1. The second-order valence-electron chi connectivity index (χ2n) is 26.0. The van der Waals surface area contributed by atoms with Gasteiger partial charge in [0.2, 0.25) is 0 Å². The maximum Gasteiger partial charge on any atom is 0.178 e. The van der Waals surface area contributed by atoms with E-state index in [-0.39, 0.29) is 68.6 Å². The summed E-state index contributed by atoms with van der Waals surface area (Å²) in [6.07, 6.45) is 0. The largest absolute Gasteiger partial charge is 0.489 e. The minimum Gasteiger partial charge on any atom is -0.489 e. The van der Waals surface area contributed by atoms with Crippen molar-refractivity contribution in [1.82, 2.24) is 29.1 Å². The first-order valence-electron chi connectivity index (χ1n) is 27.7. The van der Waals surface area contributed by atoms with E-state index < -0.39 is 92.5 Å². The van der Waals surface area contributed by atoms with E-state index >= 15 is 0 Å². The minimum atomic E-state index is -1.40. The Morgan fingerprint density at radius 3 is 1.19 bits per heavy atom. The highest BCUT2D eigenvalue weighted by Crippen LogP contribution is 2.50.